The van der Waals surface area contributed by atoms with Gasteiger partial charge < -0.3 is 5.11 Å². The Balaban J connectivity index is 1.34. The molecule has 0 bridgehead atoms. The van der Waals surface area contributed by atoms with Gasteiger partial charge in [-0.25, -0.2) is 4.98 Å². The van der Waals surface area contributed by atoms with Gasteiger partial charge in [-0.05, 0) is 98.8 Å². The summed E-state index contributed by atoms with van der Waals surface area (Å²) in [7, 11) is 0. The third kappa shape index (κ3) is 6.75. The standard InChI is InChI=1S/C54H47N3O/c1-53(2,3)41-26-27-47(44(33-41)36-18-11-8-12-19-36)57-48-24-14-23-43(46-32-37(25-28-49(46)58)35-16-9-7-10-17-35)51(48)56-52(57)40-21-13-20-38(30-40)45-34-42(54(4,5)6)31-39-22-15-29-55-50(39)45/h7-34,58H,1-6H3. The highest BCUT2D eigenvalue weighted by atomic mass is 16.3. The highest BCUT2D eigenvalue weighted by molar-refractivity contribution is 5.99. The molecule has 0 fully saturated rings. The van der Waals surface area contributed by atoms with Gasteiger partial charge in [-0.15, -0.1) is 0 Å². The van der Waals surface area contributed by atoms with Gasteiger partial charge >= 0.3 is 0 Å². The third-order valence-electron chi connectivity index (χ3n) is 11.3. The fraction of sp³-hybridized carbons (Fsp3) is 0.148. The van der Waals surface area contributed by atoms with Crippen LogP contribution in [0.15, 0.2) is 170 Å². The molecule has 4 heteroatoms. The predicted octanol–water partition coefficient (Wildman–Crippen LogP) is 14.2. The molecule has 0 saturated carbocycles. The van der Waals surface area contributed by atoms with E-state index in [4.69, 9.17) is 9.97 Å². The molecule has 0 amide bonds. The molecule has 0 aliphatic rings. The first-order valence-corrected chi connectivity index (χ1v) is 20.0. The number of nitrogens with zero attached hydrogens (tertiary/aromatic N) is 3. The van der Waals surface area contributed by atoms with E-state index in [1.54, 1.807) is 6.07 Å². The zero-order valence-electron chi connectivity index (χ0n) is 34.0. The van der Waals surface area contributed by atoms with E-state index in [2.05, 4.69) is 174 Å². The summed E-state index contributed by atoms with van der Waals surface area (Å²) < 4.78 is 2.31. The minimum atomic E-state index is -0.0525. The van der Waals surface area contributed by atoms with E-state index >= 15 is 0 Å². The Morgan fingerprint density at radius 1 is 0.448 bits per heavy atom. The van der Waals surface area contributed by atoms with Crippen LogP contribution in [0.5, 0.6) is 5.75 Å². The maximum atomic E-state index is 11.5. The molecule has 2 aromatic heterocycles. The van der Waals surface area contributed by atoms with Gasteiger partial charge in [0.2, 0.25) is 0 Å². The first-order valence-electron chi connectivity index (χ1n) is 20.0. The third-order valence-corrected chi connectivity index (χ3v) is 11.3. The summed E-state index contributed by atoms with van der Waals surface area (Å²) in [6, 6.07) is 57.4. The lowest BCUT2D eigenvalue weighted by Gasteiger charge is -2.23. The van der Waals surface area contributed by atoms with Crippen LogP contribution in [0.2, 0.25) is 0 Å². The van der Waals surface area contributed by atoms with E-state index in [-0.39, 0.29) is 16.6 Å². The van der Waals surface area contributed by atoms with Crippen molar-refractivity contribution in [3.63, 3.8) is 0 Å². The topological polar surface area (TPSA) is 50.9 Å². The Kier molecular flexibility index (Phi) is 9.09. The minimum Gasteiger partial charge on any atom is -0.507 e. The number of phenolic OH excluding ortho intramolecular Hbond substituents is 1. The molecule has 0 unspecified atom stereocenters. The first kappa shape index (κ1) is 36.8. The summed E-state index contributed by atoms with van der Waals surface area (Å²) in [6.45, 7) is 13.6. The highest BCUT2D eigenvalue weighted by Gasteiger charge is 2.24. The van der Waals surface area contributed by atoms with Crippen LogP contribution >= 0.6 is 0 Å². The Morgan fingerprint density at radius 2 is 1.12 bits per heavy atom. The number of hydrogen-bond donors (Lipinski definition) is 1. The van der Waals surface area contributed by atoms with Crippen molar-refractivity contribution in [2.75, 3.05) is 0 Å². The largest absolute Gasteiger partial charge is 0.507 e. The van der Waals surface area contributed by atoms with Gasteiger partial charge in [0, 0.05) is 39.4 Å². The number of aromatic hydroxyl groups is 1. The number of fused-ring (bicyclic) bond motifs is 2. The molecule has 0 aliphatic carbocycles. The summed E-state index contributed by atoms with van der Waals surface area (Å²) in [5, 5.41) is 12.6. The van der Waals surface area contributed by atoms with Crippen molar-refractivity contribution in [3.05, 3.63) is 181 Å². The van der Waals surface area contributed by atoms with E-state index in [9.17, 15) is 5.11 Å². The fourth-order valence-corrected chi connectivity index (χ4v) is 8.03. The molecule has 2 heterocycles. The second-order valence-electron chi connectivity index (χ2n) is 17.3. The van der Waals surface area contributed by atoms with Gasteiger partial charge in [0.05, 0.1) is 22.2 Å². The van der Waals surface area contributed by atoms with Gasteiger partial charge in [-0.1, -0.05) is 151 Å². The van der Waals surface area contributed by atoms with E-state index < -0.39 is 0 Å². The van der Waals surface area contributed by atoms with Crippen molar-refractivity contribution in [1.29, 1.82) is 0 Å². The molecular weight excluding hydrogens is 707 g/mol. The van der Waals surface area contributed by atoms with E-state index in [0.29, 0.717) is 0 Å². The van der Waals surface area contributed by atoms with E-state index in [0.717, 1.165) is 83.5 Å². The molecule has 0 saturated heterocycles. The van der Waals surface area contributed by atoms with Crippen LogP contribution in [0.1, 0.15) is 52.7 Å². The van der Waals surface area contributed by atoms with Gasteiger partial charge in [0.1, 0.15) is 11.6 Å². The molecule has 9 rings (SSSR count). The van der Waals surface area contributed by atoms with Crippen molar-refractivity contribution in [3.8, 4) is 67.3 Å². The van der Waals surface area contributed by atoms with Gasteiger partial charge in [0.25, 0.3) is 0 Å². The molecule has 58 heavy (non-hydrogen) atoms. The van der Waals surface area contributed by atoms with Gasteiger partial charge in [-0.3, -0.25) is 9.55 Å². The van der Waals surface area contributed by atoms with Crippen molar-refractivity contribution in [2.24, 2.45) is 0 Å². The molecule has 7 aromatic carbocycles. The molecular formula is C54H47N3O. The molecule has 4 nitrogen and oxygen atoms in total. The number of imidazole rings is 1. The molecule has 0 aliphatic heterocycles. The van der Waals surface area contributed by atoms with Crippen LogP contribution in [0, 0.1) is 0 Å². The number of para-hydroxylation sites is 1. The van der Waals surface area contributed by atoms with Crippen LogP contribution < -0.4 is 0 Å². The highest BCUT2D eigenvalue weighted by Crippen LogP contribution is 2.43. The molecule has 0 spiro atoms. The number of pyridine rings is 1. The SMILES string of the molecule is CC(C)(C)c1ccc(-n2c(-c3cccc(-c4cc(C(C)(C)C)cc5cccnc45)c3)nc3c(-c4cc(-c5ccccc5)ccc4O)cccc32)c(-c2ccccc2)c1. The monoisotopic (exact) mass is 753 g/mol. The average Bonchev–Trinajstić information content (AvgIpc) is 3.63. The van der Waals surface area contributed by atoms with Crippen LogP contribution in [-0.2, 0) is 10.8 Å². The smallest absolute Gasteiger partial charge is 0.145 e. The lowest BCUT2D eigenvalue weighted by atomic mass is 9.84. The van der Waals surface area contributed by atoms with Crippen molar-refractivity contribution in [2.45, 2.75) is 52.4 Å². The number of rotatable bonds is 6. The summed E-state index contributed by atoms with van der Waals surface area (Å²) >= 11 is 0. The Hall–Kier alpha value is -6.78. The zero-order chi connectivity index (χ0) is 40.2. The van der Waals surface area contributed by atoms with Gasteiger partial charge in [-0.2, -0.15) is 0 Å². The van der Waals surface area contributed by atoms with E-state index in [1.807, 2.05) is 36.5 Å². The van der Waals surface area contributed by atoms with Crippen molar-refractivity contribution in [1.82, 2.24) is 14.5 Å². The molecule has 9 aromatic rings. The second kappa shape index (κ2) is 14.3. The predicted molar refractivity (Wildman–Crippen MR) is 243 cm³/mol. The Morgan fingerprint density at radius 3 is 1.86 bits per heavy atom. The van der Waals surface area contributed by atoms with Crippen molar-refractivity contribution < 1.29 is 5.11 Å². The molecule has 0 atom stereocenters. The maximum absolute atomic E-state index is 11.5. The maximum Gasteiger partial charge on any atom is 0.145 e. The lowest BCUT2D eigenvalue weighted by molar-refractivity contribution is 0.477. The summed E-state index contributed by atoms with van der Waals surface area (Å²) in [5.41, 5.74) is 15.3. The molecule has 284 valence electrons. The molecule has 1 N–H and O–H groups in total. The first-order chi connectivity index (χ1) is 27.9. The van der Waals surface area contributed by atoms with E-state index in [1.165, 1.54) is 11.1 Å². The number of aromatic nitrogens is 3. The minimum absolute atomic E-state index is 0.0444. The summed E-state index contributed by atoms with van der Waals surface area (Å²) in [4.78, 5) is 10.5. The van der Waals surface area contributed by atoms with Crippen molar-refractivity contribution >= 4 is 21.9 Å². The quantitative estimate of drug-likeness (QED) is 0.184. The van der Waals surface area contributed by atoms with Crippen LogP contribution in [0.4, 0.5) is 0 Å². The number of benzene rings is 7. The number of hydrogen-bond acceptors (Lipinski definition) is 3. The second-order valence-corrected chi connectivity index (χ2v) is 17.3. The number of phenols is 1. The van der Waals surface area contributed by atoms with Crippen LogP contribution in [0.3, 0.4) is 0 Å². The zero-order valence-corrected chi connectivity index (χ0v) is 34.0. The summed E-state index contributed by atoms with van der Waals surface area (Å²) in [5.74, 6) is 1.02. The van der Waals surface area contributed by atoms with Crippen LogP contribution in [-0.4, -0.2) is 19.6 Å². The Bertz CT molecular complexity index is 2960. The van der Waals surface area contributed by atoms with Crippen LogP contribution in [0.25, 0.3) is 83.5 Å². The fourth-order valence-electron chi connectivity index (χ4n) is 8.03. The summed E-state index contributed by atoms with van der Waals surface area (Å²) in [6.07, 6.45) is 1.88. The normalized spacial score (nSPS) is 12.0. The van der Waals surface area contributed by atoms with Gasteiger partial charge in [0.15, 0.2) is 0 Å². The Labute approximate surface area is 341 Å². The molecule has 0 radical (unpaired) electrons. The average molecular weight is 754 g/mol. The lowest BCUT2D eigenvalue weighted by Crippen LogP contribution is -2.12.